The van der Waals surface area contributed by atoms with Gasteiger partial charge in [-0.1, -0.05) is 22.0 Å². The molecule has 0 saturated carbocycles. The predicted molar refractivity (Wildman–Crippen MR) is 71.6 cm³/mol. The van der Waals surface area contributed by atoms with Crippen LogP contribution in [0.3, 0.4) is 0 Å². The third kappa shape index (κ3) is 2.53. The average Bonchev–Trinajstić information content (AvgIpc) is 2.72. The topological polar surface area (TPSA) is 70.1 Å². The molecule has 0 unspecified atom stereocenters. The molecule has 2 rings (SSSR count). The van der Waals surface area contributed by atoms with Gasteiger partial charge in [-0.3, -0.25) is 0 Å². The molecule has 0 saturated heterocycles. The summed E-state index contributed by atoms with van der Waals surface area (Å²) in [4.78, 5) is 11.6. The van der Waals surface area contributed by atoms with Crippen molar-refractivity contribution in [3.8, 4) is 5.69 Å². The molecule has 0 aliphatic heterocycles. The molecule has 2 aromatic rings. The number of halogens is 1. The average molecular weight is 310 g/mol. The molecule has 0 bridgehead atoms. The van der Waals surface area contributed by atoms with Gasteiger partial charge in [-0.2, -0.15) is 5.10 Å². The molecule has 1 heterocycles. The van der Waals surface area contributed by atoms with Gasteiger partial charge < -0.3 is 10.5 Å². The Bertz CT molecular complexity index is 580. The normalized spacial score (nSPS) is 10.3. The van der Waals surface area contributed by atoms with Crippen molar-refractivity contribution in [2.45, 2.75) is 6.92 Å². The number of aromatic nitrogens is 2. The Morgan fingerprint density at radius 1 is 1.56 bits per heavy atom. The van der Waals surface area contributed by atoms with Gasteiger partial charge in [0.1, 0.15) is 0 Å². The van der Waals surface area contributed by atoms with E-state index in [1.165, 1.54) is 0 Å². The Kier molecular flexibility index (Phi) is 3.66. The van der Waals surface area contributed by atoms with E-state index >= 15 is 0 Å². The first-order valence-electron chi connectivity index (χ1n) is 5.40. The highest BCUT2D eigenvalue weighted by Gasteiger charge is 2.16. The maximum Gasteiger partial charge on any atom is 0.361 e. The Morgan fingerprint density at radius 3 is 3.00 bits per heavy atom. The zero-order valence-corrected chi connectivity index (χ0v) is 11.3. The summed E-state index contributed by atoms with van der Waals surface area (Å²) < 4.78 is 7.35. The third-order valence-corrected chi connectivity index (χ3v) is 2.78. The fraction of sp³-hybridized carbons (Fsp3) is 0.167. The first kappa shape index (κ1) is 12.6. The molecule has 18 heavy (non-hydrogen) atoms. The van der Waals surface area contributed by atoms with E-state index in [0.717, 1.165) is 10.2 Å². The molecule has 0 radical (unpaired) electrons. The molecule has 0 fully saturated rings. The van der Waals surface area contributed by atoms with Crippen LogP contribution in [0.15, 0.2) is 34.9 Å². The van der Waals surface area contributed by atoms with Crippen molar-refractivity contribution in [2.75, 3.05) is 12.3 Å². The summed E-state index contributed by atoms with van der Waals surface area (Å²) in [7, 11) is 0. The number of nitrogens with zero attached hydrogens (tertiary/aromatic N) is 2. The van der Waals surface area contributed by atoms with Crippen molar-refractivity contribution < 1.29 is 9.53 Å². The van der Waals surface area contributed by atoms with Gasteiger partial charge in [0.25, 0.3) is 0 Å². The quantitative estimate of drug-likeness (QED) is 0.884. The molecule has 0 atom stereocenters. The monoisotopic (exact) mass is 309 g/mol. The number of hydrogen-bond donors (Lipinski definition) is 1. The number of benzene rings is 1. The molecular formula is C12H12BrN3O2. The summed E-state index contributed by atoms with van der Waals surface area (Å²) in [5, 5.41) is 4.14. The molecule has 6 heteroatoms. The lowest BCUT2D eigenvalue weighted by molar-refractivity contribution is 0.0520. The number of carbonyl (C=O) groups is 1. The summed E-state index contributed by atoms with van der Waals surface area (Å²) in [5.41, 5.74) is 7.00. The smallest absolute Gasteiger partial charge is 0.361 e. The molecule has 1 aromatic heterocycles. The largest absolute Gasteiger partial charge is 0.461 e. The highest BCUT2D eigenvalue weighted by Crippen LogP contribution is 2.18. The van der Waals surface area contributed by atoms with Crippen LogP contribution in [0.5, 0.6) is 0 Å². The van der Waals surface area contributed by atoms with E-state index in [1.807, 2.05) is 24.3 Å². The number of rotatable bonds is 3. The minimum atomic E-state index is -0.510. The number of nitrogens with two attached hydrogens (primary N) is 1. The van der Waals surface area contributed by atoms with Crippen LogP contribution in [0.1, 0.15) is 17.4 Å². The standard InChI is InChI=1S/C12H12BrN3O2/c1-2-18-12(17)11-10(14)7-16(15-11)9-5-3-4-8(13)6-9/h3-7H,2,14H2,1H3. The summed E-state index contributed by atoms with van der Waals surface area (Å²) in [6.45, 7) is 2.03. The highest BCUT2D eigenvalue weighted by atomic mass is 79.9. The molecule has 0 amide bonds. The summed E-state index contributed by atoms with van der Waals surface area (Å²) in [6.07, 6.45) is 1.59. The fourth-order valence-electron chi connectivity index (χ4n) is 1.50. The first-order valence-corrected chi connectivity index (χ1v) is 6.19. The number of anilines is 1. The van der Waals surface area contributed by atoms with E-state index in [9.17, 15) is 4.79 Å². The minimum Gasteiger partial charge on any atom is -0.461 e. The molecule has 1 aromatic carbocycles. The Balaban J connectivity index is 2.37. The van der Waals surface area contributed by atoms with Crippen molar-refractivity contribution in [2.24, 2.45) is 0 Å². The van der Waals surface area contributed by atoms with Crippen molar-refractivity contribution in [3.05, 3.63) is 40.6 Å². The summed E-state index contributed by atoms with van der Waals surface area (Å²) in [6, 6.07) is 7.53. The lowest BCUT2D eigenvalue weighted by Gasteiger charge is -2.01. The predicted octanol–water partition coefficient (Wildman–Crippen LogP) is 2.39. The maximum absolute atomic E-state index is 11.6. The Labute approximate surface area is 113 Å². The minimum absolute atomic E-state index is 0.136. The fourth-order valence-corrected chi connectivity index (χ4v) is 1.88. The molecule has 0 aliphatic rings. The van der Waals surface area contributed by atoms with Gasteiger partial charge in [-0.25, -0.2) is 9.48 Å². The van der Waals surface area contributed by atoms with Crippen LogP contribution in [-0.4, -0.2) is 22.4 Å². The second-order valence-electron chi connectivity index (χ2n) is 3.58. The highest BCUT2D eigenvalue weighted by molar-refractivity contribution is 9.10. The van der Waals surface area contributed by atoms with E-state index in [2.05, 4.69) is 21.0 Å². The van der Waals surface area contributed by atoms with Crippen molar-refractivity contribution in [1.29, 1.82) is 0 Å². The molecule has 0 spiro atoms. The number of ether oxygens (including phenoxy) is 1. The van der Waals surface area contributed by atoms with Gasteiger partial charge in [0.05, 0.1) is 24.2 Å². The molecule has 2 N–H and O–H groups in total. The molecular weight excluding hydrogens is 298 g/mol. The van der Waals surface area contributed by atoms with E-state index in [1.54, 1.807) is 17.8 Å². The maximum atomic E-state index is 11.6. The molecule has 5 nitrogen and oxygen atoms in total. The lowest BCUT2D eigenvalue weighted by Crippen LogP contribution is -2.08. The summed E-state index contributed by atoms with van der Waals surface area (Å²) in [5.74, 6) is -0.510. The number of nitrogen functional groups attached to an aromatic ring is 1. The van der Waals surface area contributed by atoms with Crippen molar-refractivity contribution in [3.63, 3.8) is 0 Å². The van der Waals surface area contributed by atoms with Gasteiger partial charge >= 0.3 is 5.97 Å². The van der Waals surface area contributed by atoms with E-state index in [0.29, 0.717) is 12.3 Å². The zero-order chi connectivity index (χ0) is 13.1. The van der Waals surface area contributed by atoms with Gasteiger partial charge in [-0.05, 0) is 25.1 Å². The van der Waals surface area contributed by atoms with Crippen LogP contribution in [-0.2, 0) is 4.74 Å². The van der Waals surface area contributed by atoms with Gasteiger partial charge in [0, 0.05) is 4.47 Å². The Hall–Kier alpha value is -1.82. The van der Waals surface area contributed by atoms with E-state index < -0.39 is 5.97 Å². The molecule has 94 valence electrons. The van der Waals surface area contributed by atoms with Crippen LogP contribution in [0.25, 0.3) is 5.69 Å². The van der Waals surface area contributed by atoms with Crippen LogP contribution >= 0.6 is 15.9 Å². The number of hydrogen-bond acceptors (Lipinski definition) is 4. The number of carbonyl (C=O) groups excluding carboxylic acids is 1. The zero-order valence-electron chi connectivity index (χ0n) is 9.76. The van der Waals surface area contributed by atoms with Crippen molar-refractivity contribution >= 4 is 27.6 Å². The second-order valence-corrected chi connectivity index (χ2v) is 4.49. The Morgan fingerprint density at radius 2 is 2.33 bits per heavy atom. The van der Waals surface area contributed by atoms with Gasteiger partial charge in [-0.15, -0.1) is 0 Å². The van der Waals surface area contributed by atoms with Crippen molar-refractivity contribution in [1.82, 2.24) is 9.78 Å². The van der Waals surface area contributed by atoms with E-state index in [4.69, 9.17) is 10.5 Å². The van der Waals surface area contributed by atoms with Crippen LogP contribution in [0, 0.1) is 0 Å². The van der Waals surface area contributed by atoms with Gasteiger partial charge in [0.15, 0.2) is 5.69 Å². The van der Waals surface area contributed by atoms with E-state index in [-0.39, 0.29) is 5.69 Å². The van der Waals surface area contributed by atoms with Gasteiger partial charge in [0.2, 0.25) is 0 Å². The number of esters is 1. The first-order chi connectivity index (χ1) is 8.61. The second kappa shape index (κ2) is 5.22. The summed E-state index contributed by atoms with van der Waals surface area (Å²) >= 11 is 3.37. The lowest BCUT2D eigenvalue weighted by atomic mass is 10.3. The third-order valence-electron chi connectivity index (χ3n) is 2.28. The van der Waals surface area contributed by atoms with Crippen LogP contribution in [0.4, 0.5) is 5.69 Å². The SMILES string of the molecule is CCOC(=O)c1nn(-c2cccc(Br)c2)cc1N. The van der Waals surface area contributed by atoms with Crippen LogP contribution < -0.4 is 5.73 Å². The van der Waals surface area contributed by atoms with Crippen LogP contribution in [0.2, 0.25) is 0 Å². The molecule has 0 aliphatic carbocycles.